The third kappa shape index (κ3) is 4.59. The number of benzene rings is 2. The van der Waals surface area contributed by atoms with Crippen LogP contribution in [0.4, 0.5) is 11.4 Å². The van der Waals surface area contributed by atoms with Crippen LogP contribution in [-0.2, 0) is 4.79 Å². The molecule has 0 aromatic heterocycles. The first kappa shape index (κ1) is 14.4. The molecule has 3 N–H and O–H groups in total. The molecule has 0 aliphatic rings. The Labute approximate surface area is 126 Å². The normalized spacial score (nSPS) is 10.1. The molecule has 2 aromatic rings. The first-order valence-corrected chi connectivity index (χ1v) is 6.96. The molecule has 4 nitrogen and oxygen atoms in total. The lowest BCUT2D eigenvalue weighted by Crippen LogP contribution is -2.15. The molecule has 20 heavy (non-hydrogen) atoms. The number of carbonyl (C=O) groups is 1. The van der Waals surface area contributed by atoms with Crippen LogP contribution in [0.1, 0.15) is 6.42 Å². The topological polar surface area (TPSA) is 64.3 Å². The van der Waals surface area contributed by atoms with Crippen molar-refractivity contribution in [2.75, 3.05) is 17.7 Å². The minimum atomic E-state index is -0.0907. The second kappa shape index (κ2) is 6.96. The Kier molecular flexibility index (Phi) is 5.01. The molecule has 0 radical (unpaired) electrons. The molecular weight excluding hydrogens is 320 g/mol. The Morgan fingerprint density at radius 2 is 2.00 bits per heavy atom. The van der Waals surface area contributed by atoms with E-state index in [1.807, 2.05) is 36.4 Å². The van der Waals surface area contributed by atoms with Crippen LogP contribution in [-0.4, -0.2) is 12.5 Å². The quantitative estimate of drug-likeness (QED) is 0.823. The molecule has 0 atom stereocenters. The van der Waals surface area contributed by atoms with Gasteiger partial charge in [-0.05, 0) is 30.3 Å². The van der Waals surface area contributed by atoms with Crippen LogP contribution in [0.5, 0.6) is 5.75 Å². The molecule has 1 amide bonds. The van der Waals surface area contributed by atoms with Gasteiger partial charge in [-0.15, -0.1) is 0 Å². The smallest absolute Gasteiger partial charge is 0.227 e. The highest BCUT2D eigenvalue weighted by atomic mass is 79.9. The number of hydrogen-bond donors (Lipinski definition) is 2. The molecule has 2 rings (SSSR count). The lowest BCUT2D eigenvalue weighted by molar-refractivity contribution is -0.116. The number of nitrogen functional groups attached to an aromatic ring is 1. The summed E-state index contributed by atoms with van der Waals surface area (Å²) in [7, 11) is 0. The first-order chi connectivity index (χ1) is 9.63. The van der Waals surface area contributed by atoms with Gasteiger partial charge in [-0.3, -0.25) is 4.79 Å². The third-order valence-corrected chi connectivity index (χ3v) is 3.06. The van der Waals surface area contributed by atoms with E-state index in [1.54, 1.807) is 12.1 Å². The number of hydrogen-bond acceptors (Lipinski definition) is 3. The van der Waals surface area contributed by atoms with E-state index in [1.165, 1.54) is 0 Å². The van der Waals surface area contributed by atoms with Gasteiger partial charge >= 0.3 is 0 Å². The molecule has 0 aliphatic carbocycles. The highest BCUT2D eigenvalue weighted by Crippen LogP contribution is 2.16. The fraction of sp³-hybridized carbons (Fsp3) is 0.133. The Balaban J connectivity index is 1.78. The van der Waals surface area contributed by atoms with Crippen molar-refractivity contribution in [3.05, 3.63) is 53.0 Å². The molecule has 0 bridgehead atoms. The van der Waals surface area contributed by atoms with Crippen LogP contribution in [0.3, 0.4) is 0 Å². The number of rotatable bonds is 5. The van der Waals surface area contributed by atoms with Gasteiger partial charge in [0.05, 0.1) is 13.0 Å². The van der Waals surface area contributed by atoms with Crippen LogP contribution in [0.25, 0.3) is 0 Å². The van der Waals surface area contributed by atoms with E-state index in [2.05, 4.69) is 21.2 Å². The third-order valence-electron chi connectivity index (χ3n) is 2.56. The first-order valence-electron chi connectivity index (χ1n) is 6.17. The summed E-state index contributed by atoms with van der Waals surface area (Å²) in [5.41, 5.74) is 7.04. The summed E-state index contributed by atoms with van der Waals surface area (Å²) in [6.07, 6.45) is 0.279. The molecule has 0 fully saturated rings. The van der Waals surface area contributed by atoms with Crippen molar-refractivity contribution < 1.29 is 9.53 Å². The van der Waals surface area contributed by atoms with Crippen LogP contribution >= 0.6 is 15.9 Å². The van der Waals surface area contributed by atoms with Crippen LogP contribution < -0.4 is 15.8 Å². The lowest BCUT2D eigenvalue weighted by Gasteiger charge is -2.08. The molecule has 0 spiro atoms. The van der Waals surface area contributed by atoms with E-state index in [4.69, 9.17) is 10.5 Å². The van der Waals surface area contributed by atoms with E-state index >= 15 is 0 Å². The van der Waals surface area contributed by atoms with Crippen LogP contribution in [0.2, 0.25) is 0 Å². The second-order valence-electron chi connectivity index (χ2n) is 4.23. The lowest BCUT2D eigenvalue weighted by atomic mass is 10.3. The summed E-state index contributed by atoms with van der Waals surface area (Å²) in [6.45, 7) is 0.309. The van der Waals surface area contributed by atoms with Gasteiger partial charge in [0.2, 0.25) is 5.91 Å². The fourth-order valence-corrected chi connectivity index (χ4v) is 2.05. The summed E-state index contributed by atoms with van der Waals surface area (Å²) in [5, 5.41) is 2.81. The predicted molar refractivity (Wildman–Crippen MR) is 83.7 cm³/mol. The Bertz CT molecular complexity index is 602. The average Bonchev–Trinajstić information content (AvgIpc) is 2.38. The second-order valence-corrected chi connectivity index (χ2v) is 5.15. The molecule has 2 aromatic carbocycles. The summed E-state index contributed by atoms with van der Waals surface area (Å²) in [4.78, 5) is 11.7. The van der Waals surface area contributed by atoms with E-state index in [9.17, 15) is 4.79 Å². The van der Waals surface area contributed by atoms with Gasteiger partial charge in [-0.2, -0.15) is 0 Å². The zero-order valence-electron chi connectivity index (χ0n) is 10.8. The van der Waals surface area contributed by atoms with Crippen molar-refractivity contribution >= 4 is 33.2 Å². The van der Waals surface area contributed by atoms with Gasteiger partial charge in [0.1, 0.15) is 5.75 Å². The molecule has 0 aliphatic heterocycles. The van der Waals surface area contributed by atoms with E-state index in [0.717, 1.165) is 10.2 Å². The van der Waals surface area contributed by atoms with Crippen molar-refractivity contribution in [1.82, 2.24) is 0 Å². The van der Waals surface area contributed by atoms with E-state index in [0.29, 0.717) is 18.0 Å². The highest BCUT2D eigenvalue weighted by Gasteiger charge is 2.03. The minimum absolute atomic E-state index is 0.0907. The number of nitrogens with two attached hydrogens (primary N) is 1. The molecule has 0 saturated carbocycles. The maximum atomic E-state index is 11.7. The van der Waals surface area contributed by atoms with Crippen molar-refractivity contribution in [2.24, 2.45) is 0 Å². The summed E-state index contributed by atoms with van der Waals surface area (Å²) in [6, 6.07) is 14.6. The molecule has 5 heteroatoms. The van der Waals surface area contributed by atoms with E-state index < -0.39 is 0 Å². The fourth-order valence-electron chi connectivity index (χ4n) is 1.66. The number of amides is 1. The molecule has 104 valence electrons. The number of halogens is 1. The number of anilines is 2. The maximum absolute atomic E-state index is 11.7. The van der Waals surface area contributed by atoms with Gasteiger partial charge in [0, 0.05) is 21.9 Å². The maximum Gasteiger partial charge on any atom is 0.227 e. The summed E-state index contributed by atoms with van der Waals surface area (Å²) in [5.74, 6) is 0.576. The predicted octanol–water partition coefficient (Wildman–Crippen LogP) is 3.44. The average molecular weight is 335 g/mol. The highest BCUT2D eigenvalue weighted by molar-refractivity contribution is 9.10. The monoisotopic (exact) mass is 334 g/mol. The van der Waals surface area contributed by atoms with Gasteiger partial charge in [-0.25, -0.2) is 0 Å². The number of ether oxygens (including phenoxy) is 1. The molecule has 0 unspecified atom stereocenters. The Hall–Kier alpha value is -2.01. The van der Waals surface area contributed by atoms with Crippen LogP contribution in [0, 0.1) is 0 Å². The Morgan fingerprint density at radius 3 is 2.75 bits per heavy atom. The van der Waals surface area contributed by atoms with Gasteiger partial charge in [0.15, 0.2) is 0 Å². The molecular formula is C15H15BrN2O2. The minimum Gasteiger partial charge on any atom is -0.493 e. The molecule has 0 saturated heterocycles. The van der Waals surface area contributed by atoms with Crippen molar-refractivity contribution in [3.8, 4) is 5.75 Å². The standard InChI is InChI=1S/C15H15BrN2O2/c16-11-3-1-5-13(9-11)18-15(19)7-8-20-14-6-2-4-12(17)10-14/h1-6,9-10H,7-8,17H2,(H,18,19). The SMILES string of the molecule is Nc1cccc(OCCC(=O)Nc2cccc(Br)c2)c1. The zero-order valence-corrected chi connectivity index (χ0v) is 12.4. The van der Waals surface area contributed by atoms with Crippen molar-refractivity contribution in [3.63, 3.8) is 0 Å². The van der Waals surface area contributed by atoms with Gasteiger partial charge < -0.3 is 15.8 Å². The number of nitrogens with one attached hydrogen (secondary N) is 1. The molecule has 0 heterocycles. The van der Waals surface area contributed by atoms with Gasteiger partial charge in [0.25, 0.3) is 0 Å². The van der Waals surface area contributed by atoms with Gasteiger partial charge in [-0.1, -0.05) is 28.1 Å². The summed E-state index contributed by atoms with van der Waals surface area (Å²) >= 11 is 3.35. The number of carbonyl (C=O) groups excluding carboxylic acids is 1. The van der Waals surface area contributed by atoms with Crippen LogP contribution in [0.15, 0.2) is 53.0 Å². The largest absolute Gasteiger partial charge is 0.493 e. The summed E-state index contributed by atoms with van der Waals surface area (Å²) < 4.78 is 6.39. The van der Waals surface area contributed by atoms with E-state index in [-0.39, 0.29) is 12.3 Å². The zero-order chi connectivity index (χ0) is 14.4. The Morgan fingerprint density at radius 1 is 1.20 bits per heavy atom. The van der Waals surface area contributed by atoms with Crippen molar-refractivity contribution in [2.45, 2.75) is 6.42 Å². The van der Waals surface area contributed by atoms with Crippen molar-refractivity contribution in [1.29, 1.82) is 0 Å².